The number of hydrogen-bond donors (Lipinski definition) is 1. The maximum Gasteiger partial charge on any atom is 0.341 e. The second kappa shape index (κ2) is 8.02. The molecule has 1 aromatic heterocycles. The smallest absolute Gasteiger partial charge is 0.341 e. The zero-order valence-electron chi connectivity index (χ0n) is 14.3. The van der Waals surface area contributed by atoms with Crippen LogP contribution in [0, 0.1) is 11.3 Å². The molecule has 7 heteroatoms. The molecule has 1 aromatic carbocycles. The van der Waals surface area contributed by atoms with Gasteiger partial charge in [-0.2, -0.15) is 5.26 Å². The minimum absolute atomic E-state index is 0.214. The van der Waals surface area contributed by atoms with Crippen molar-refractivity contribution in [3.8, 4) is 11.8 Å². The second-order valence-electron chi connectivity index (χ2n) is 5.87. The van der Waals surface area contributed by atoms with Crippen LogP contribution in [-0.2, 0) is 9.53 Å². The van der Waals surface area contributed by atoms with Crippen LogP contribution in [-0.4, -0.2) is 25.1 Å². The Hall–Kier alpha value is -2.85. The molecule has 134 valence electrons. The fourth-order valence-corrected chi connectivity index (χ4v) is 3.59. The molecule has 0 bridgehead atoms. The van der Waals surface area contributed by atoms with Crippen molar-refractivity contribution < 1.29 is 19.1 Å². The summed E-state index contributed by atoms with van der Waals surface area (Å²) in [5.41, 5.74) is 1.87. The average Bonchev–Trinajstić information content (AvgIpc) is 3.41. The van der Waals surface area contributed by atoms with Crippen LogP contribution >= 0.6 is 11.3 Å². The van der Waals surface area contributed by atoms with Gasteiger partial charge in [0.15, 0.2) is 6.61 Å². The van der Waals surface area contributed by atoms with Crippen molar-refractivity contribution in [1.82, 2.24) is 0 Å². The van der Waals surface area contributed by atoms with Gasteiger partial charge in [0.05, 0.1) is 23.8 Å². The highest BCUT2D eigenvalue weighted by atomic mass is 32.1. The number of anilines is 1. The van der Waals surface area contributed by atoms with E-state index in [1.54, 1.807) is 31.2 Å². The average molecular weight is 370 g/mol. The molecular formula is C19H18N2O4S. The van der Waals surface area contributed by atoms with Gasteiger partial charge in [-0.25, -0.2) is 4.79 Å². The number of nitriles is 1. The molecular weight excluding hydrogens is 352 g/mol. The van der Waals surface area contributed by atoms with Crippen LogP contribution in [0.25, 0.3) is 0 Å². The number of thiophene rings is 1. The predicted molar refractivity (Wildman–Crippen MR) is 97.5 cm³/mol. The number of nitrogens with one attached hydrogen (secondary N) is 1. The van der Waals surface area contributed by atoms with E-state index < -0.39 is 5.97 Å². The number of amides is 1. The fourth-order valence-electron chi connectivity index (χ4n) is 2.54. The van der Waals surface area contributed by atoms with Crippen LogP contribution < -0.4 is 10.1 Å². The summed E-state index contributed by atoms with van der Waals surface area (Å²) in [6.45, 7) is 1.82. The van der Waals surface area contributed by atoms with Gasteiger partial charge in [-0.1, -0.05) is 6.07 Å². The second-order valence-corrected chi connectivity index (χ2v) is 6.75. The summed E-state index contributed by atoms with van der Waals surface area (Å²) in [6, 6.07) is 8.60. The van der Waals surface area contributed by atoms with Gasteiger partial charge in [0, 0.05) is 0 Å². The third-order valence-corrected chi connectivity index (χ3v) is 4.82. The number of benzene rings is 1. The summed E-state index contributed by atoms with van der Waals surface area (Å²) >= 11 is 1.32. The topological polar surface area (TPSA) is 88.4 Å². The minimum Gasteiger partial charge on any atom is -0.484 e. The van der Waals surface area contributed by atoms with Gasteiger partial charge in [0.2, 0.25) is 0 Å². The summed E-state index contributed by atoms with van der Waals surface area (Å²) in [6.07, 6.45) is 2.10. The molecule has 1 saturated carbocycles. The van der Waals surface area contributed by atoms with Gasteiger partial charge < -0.3 is 14.8 Å². The van der Waals surface area contributed by atoms with Gasteiger partial charge in [-0.05, 0) is 54.8 Å². The lowest BCUT2D eigenvalue weighted by atomic mass is 10.1. The maximum atomic E-state index is 12.3. The number of nitrogens with zero attached hydrogens (tertiary/aromatic N) is 1. The zero-order chi connectivity index (χ0) is 18.5. The van der Waals surface area contributed by atoms with Crippen molar-refractivity contribution in [2.24, 2.45) is 0 Å². The van der Waals surface area contributed by atoms with Crippen molar-refractivity contribution in [3.05, 3.63) is 46.3 Å². The quantitative estimate of drug-likeness (QED) is 0.751. The first kappa shape index (κ1) is 18.0. The third-order valence-electron chi connectivity index (χ3n) is 3.90. The molecule has 1 aliphatic carbocycles. The molecule has 0 unspecified atom stereocenters. The van der Waals surface area contributed by atoms with E-state index in [1.165, 1.54) is 11.3 Å². The maximum absolute atomic E-state index is 12.3. The molecule has 1 amide bonds. The molecule has 2 aromatic rings. The largest absolute Gasteiger partial charge is 0.484 e. The van der Waals surface area contributed by atoms with Crippen LogP contribution in [0.3, 0.4) is 0 Å². The minimum atomic E-state index is -0.409. The fraction of sp³-hybridized carbons (Fsp3) is 0.316. The number of esters is 1. The molecule has 0 radical (unpaired) electrons. The number of carbonyl (C=O) groups excluding carboxylic acids is 2. The van der Waals surface area contributed by atoms with Gasteiger partial charge in [0.25, 0.3) is 5.91 Å². The molecule has 1 aliphatic rings. The summed E-state index contributed by atoms with van der Waals surface area (Å²) in [4.78, 5) is 24.5. The molecule has 0 spiro atoms. The SMILES string of the molecule is CCOC(=O)c1c(C2CC2)csc1NC(=O)COc1cccc(C#N)c1. The highest BCUT2D eigenvalue weighted by Crippen LogP contribution is 2.46. The molecule has 6 nitrogen and oxygen atoms in total. The first-order chi connectivity index (χ1) is 12.6. The Morgan fingerprint density at radius 2 is 2.19 bits per heavy atom. The van der Waals surface area contributed by atoms with E-state index in [9.17, 15) is 9.59 Å². The Bertz CT molecular complexity index is 865. The first-order valence-corrected chi connectivity index (χ1v) is 9.21. The summed E-state index contributed by atoms with van der Waals surface area (Å²) in [7, 11) is 0. The van der Waals surface area contributed by atoms with Crippen molar-refractivity contribution in [3.63, 3.8) is 0 Å². The van der Waals surface area contributed by atoms with Crippen LogP contribution in [0.2, 0.25) is 0 Å². The Morgan fingerprint density at radius 1 is 1.38 bits per heavy atom. The van der Waals surface area contributed by atoms with E-state index in [-0.39, 0.29) is 19.1 Å². The number of ether oxygens (including phenoxy) is 2. The monoisotopic (exact) mass is 370 g/mol. The Morgan fingerprint density at radius 3 is 2.88 bits per heavy atom. The Balaban J connectivity index is 1.67. The number of rotatable bonds is 7. The molecule has 0 saturated heterocycles. The molecule has 1 fully saturated rings. The number of hydrogen-bond acceptors (Lipinski definition) is 6. The van der Waals surface area contributed by atoms with Crippen molar-refractivity contribution in [1.29, 1.82) is 5.26 Å². The van der Waals surface area contributed by atoms with Crippen molar-refractivity contribution >= 4 is 28.2 Å². The van der Waals surface area contributed by atoms with E-state index in [2.05, 4.69) is 5.32 Å². The van der Waals surface area contributed by atoms with E-state index >= 15 is 0 Å². The lowest BCUT2D eigenvalue weighted by Crippen LogP contribution is -2.21. The van der Waals surface area contributed by atoms with Crippen LogP contribution in [0.4, 0.5) is 5.00 Å². The molecule has 1 N–H and O–H groups in total. The van der Waals surface area contributed by atoms with Gasteiger partial charge in [-0.15, -0.1) is 11.3 Å². The van der Waals surface area contributed by atoms with E-state index in [4.69, 9.17) is 14.7 Å². The van der Waals surface area contributed by atoms with Gasteiger partial charge in [0.1, 0.15) is 10.8 Å². The summed E-state index contributed by atoms with van der Waals surface area (Å²) < 4.78 is 10.6. The van der Waals surface area contributed by atoms with Crippen LogP contribution in [0.5, 0.6) is 5.75 Å². The Kier molecular flexibility index (Phi) is 5.54. The van der Waals surface area contributed by atoms with Crippen LogP contribution in [0.1, 0.15) is 47.2 Å². The molecule has 1 heterocycles. The first-order valence-electron chi connectivity index (χ1n) is 8.33. The van der Waals surface area contributed by atoms with Gasteiger partial charge >= 0.3 is 5.97 Å². The third kappa shape index (κ3) is 4.21. The normalized spacial score (nSPS) is 12.9. The number of carbonyl (C=O) groups is 2. The molecule has 0 atom stereocenters. The molecule has 26 heavy (non-hydrogen) atoms. The Labute approximate surface area is 155 Å². The lowest BCUT2D eigenvalue weighted by Gasteiger charge is -2.09. The summed E-state index contributed by atoms with van der Waals surface area (Å²) in [5.74, 6) is 0.0339. The predicted octanol–water partition coefficient (Wildman–Crippen LogP) is 3.69. The highest BCUT2D eigenvalue weighted by Gasteiger charge is 2.32. The van der Waals surface area contributed by atoms with E-state index in [0.717, 1.165) is 18.4 Å². The molecule has 0 aliphatic heterocycles. The van der Waals surface area contributed by atoms with Crippen LogP contribution in [0.15, 0.2) is 29.6 Å². The van der Waals surface area contributed by atoms with E-state index in [0.29, 0.717) is 27.8 Å². The zero-order valence-corrected chi connectivity index (χ0v) is 15.1. The van der Waals surface area contributed by atoms with Crippen molar-refractivity contribution in [2.75, 3.05) is 18.5 Å². The highest BCUT2D eigenvalue weighted by molar-refractivity contribution is 7.15. The van der Waals surface area contributed by atoms with Crippen molar-refractivity contribution in [2.45, 2.75) is 25.7 Å². The lowest BCUT2D eigenvalue weighted by molar-refractivity contribution is -0.118. The molecule has 3 rings (SSSR count). The van der Waals surface area contributed by atoms with Gasteiger partial charge in [-0.3, -0.25) is 4.79 Å². The summed E-state index contributed by atoms with van der Waals surface area (Å²) in [5, 5.41) is 14.0. The van der Waals surface area contributed by atoms with E-state index in [1.807, 2.05) is 11.4 Å². The standard InChI is InChI=1S/C19H18N2O4S/c1-2-24-19(23)17-15(13-6-7-13)11-26-18(17)21-16(22)10-25-14-5-3-4-12(8-14)9-20/h3-5,8,11,13H,2,6-7,10H2,1H3,(H,21,22).